The van der Waals surface area contributed by atoms with Crippen molar-refractivity contribution in [1.29, 1.82) is 0 Å². The van der Waals surface area contributed by atoms with Gasteiger partial charge in [0.2, 0.25) is 0 Å². The summed E-state index contributed by atoms with van der Waals surface area (Å²) in [6.07, 6.45) is 1.40. The molecule has 0 aliphatic heterocycles. The maximum absolute atomic E-state index is 13.7. The second-order valence-corrected chi connectivity index (χ2v) is 5.32. The predicted octanol–water partition coefficient (Wildman–Crippen LogP) is 4.03. The van der Waals surface area contributed by atoms with Crippen LogP contribution in [0.25, 0.3) is 0 Å². The highest BCUT2D eigenvalue weighted by Gasteiger charge is 2.11. The molecular formula is C19H15F2N3O. The molecular weight excluding hydrogens is 324 g/mol. The first-order valence-corrected chi connectivity index (χ1v) is 7.63. The maximum atomic E-state index is 13.7. The van der Waals surface area contributed by atoms with Gasteiger partial charge in [0.25, 0.3) is 5.91 Å². The van der Waals surface area contributed by atoms with E-state index < -0.39 is 11.6 Å². The van der Waals surface area contributed by atoms with Crippen molar-refractivity contribution in [3.63, 3.8) is 0 Å². The van der Waals surface area contributed by atoms with Crippen LogP contribution >= 0.6 is 0 Å². The lowest BCUT2D eigenvalue weighted by atomic mass is 10.2. The summed E-state index contributed by atoms with van der Waals surface area (Å²) in [5, 5.41) is 5.39. The molecule has 4 nitrogen and oxygen atoms in total. The first-order valence-electron chi connectivity index (χ1n) is 7.63. The quantitative estimate of drug-likeness (QED) is 0.738. The van der Waals surface area contributed by atoms with Crippen molar-refractivity contribution < 1.29 is 13.6 Å². The molecule has 0 saturated heterocycles. The Hall–Kier alpha value is -3.28. The van der Waals surface area contributed by atoms with Gasteiger partial charge >= 0.3 is 0 Å². The normalized spacial score (nSPS) is 10.3. The molecule has 0 saturated carbocycles. The van der Waals surface area contributed by atoms with E-state index in [2.05, 4.69) is 15.6 Å². The summed E-state index contributed by atoms with van der Waals surface area (Å²) in [6.45, 7) is 0.362. The van der Waals surface area contributed by atoms with Crippen LogP contribution < -0.4 is 10.6 Å². The van der Waals surface area contributed by atoms with Gasteiger partial charge in [0.15, 0.2) is 0 Å². The number of halogens is 2. The molecule has 0 aliphatic carbocycles. The summed E-state index contributed by atoms with van der Waals surface area (Å²) < 4.78 is 27.4. The topological polar surface area (TPSA) is 54.0 Å². The number of aromatic nitrogens is 1. The first-order chi connectivity index (χ1) is 12.1. The molecule has 1 heterocycles. The summed E-state index contributed by atoms with van der Waals surface area (Å²) >= 11 is 0. The Morgan fingerprint density at radius 3 is 2.40 bits per heavy atom. The smallest absolute Gasteiger partial charge is 0.270 e. The molecule has 6 heteroatoms. The fourth-order valence-electron chi connectivity index (χ4n) is 2.26. The summed E-state index contributed by atoms with van der Waals surface area (Å²) in [4.78, 5) is 16.2. The summed E-state index contributed by atoms with van der Waals surface area (Å²) in [6, 6.07) is 16.0. The molecule has 0 radical (unpaired) electrons. The Bertz CT molecular complexity index is 865. The van der Waals surface area contributed by atoms with E-state index in [4.69, 9.17) is 0 Å². The molecule has 2 N–H and O–H groups in total. The van der Waals surface area contributed by atoms with E-state index in [-0.39, 0.29) is 17.3 Å². The molecule has 25 heavy (non-hydrogen) atoms. The SMILES string of the molecule is O=C(NCc1ccccc1)c1cc(Nc2c(F)cccc2F)ccn1. The number of amides is 1. The number of hydrogen-bond acceptors (Lipinski definition) is 3. The van der Waals surface area contributed by atoms with E-state index in [1.807, 2.05) is 30.3 Å². The highest BCUT2D eigenvalue weighted by molar-refractivity contribution is 5.93. The molecule has 0 bridgehead atoms. The van der Waals surface area contributed by atoms with E-state index in [1.165, 1.54) is 24.4 Å². The highest BCUT2D eigenvalue weighted by Crippen LogP contribution is 2.23. The van der Waals surface area contributed by atoms with Gasteiger partial charge in [-0.3, -0.25) is 9.78 Å². The number of rotatable bonds is 5. The van der Waals surface area contributed by atoms with E-state index in [0.717, 1.165) is 17.7 Å². The number of anilines is 2. The van der Waals surface area contributed by atoms with Crippen molar-refractivity contribution in [2.24, 2.45) is 0 Å². The average Bonchev–Trinajstić information content (AvgIpc) is 2.64. The maximum Gasteiger partial charge on any atom is 0.270 e. The molecule has 1 aromatic heterocycles. The van der Waals surface area contributed by atoms with Crippen molar-refractivity contribution in [3.8, 4) is 0 Å². The summed E-state index contributed by atoms with van der Waals surface area (Å²) in [7, 11) is 0. The van der Waals surface area contributed by atoms with Gasteiger partial charge in [-0.2, -0.15) is 0 Å². The lowest BCUT2D eigenvalue weighted by Crippen LogP contribution is -2.23. The van der Waals surface area contributed by atoms with Crippen LogP contribution in [0.2, 0.25) is 0 Å². The third-order valence-corrected chi connectivity index (χ3v) is 3.52. The van der Waals surface area contributed by atoms with Crippen LogP contribution in [0.5, 0.6) is 0 Å². The summed E-state index contributed by atoms with van der Waals surface area (Å²) in [5.41, 5.74) is 1.20. The summed E-state index contributed by atoms with van der Waals surface area (Å²) in [5.74, 6) is -1.81. The molecule has 1 amide bonds. The van der Waals surface area contributed by atoms with Gasteiger partial charge in [0, 0.05) is 18.4 Å². The van der Waals surface area contributed by atoms with E-state index in [9.17, 15) is 13.6 Å². The van der Waals surface area contributed by atoms with Crippen molar-refractivity contribution in [1.82, 2.24) is 10.3 Å². The van der Waals surface area contributed by atoms with Crippen molar-refractivity contribution in [3.05, 3.63) is 89.8 Å². The second kappa shape index (κ2) is 7.53. The molecule has 3 rings (SSSR count). The van der Waals surface area contributed by atoms with Gasteiger partial charge in [0.1, 0.15) is 23.0 Å². The van der Waals surface area contributed by atoms with Crippen LogP contribution in [0.1, 0.15) is 16.1 Å². The monoisotopic (exact) mass is 339 g/mol. The van der Waals surface area contributed by atoms with E-state index in [0.29, 0.717) is 12.2 Å². The van der Waals surface area contributed by atoms with Crippen LogP contribution in [0.3, 0.4) is 0 Å². The molecule has 3 aromatic rings. The Kier molecular flexibility index (Phi) is 4.99. The van der Waals surface area contributed by atoms with Crippen LogP contribution in [0.15, 0.2) is 66.9 Å². The number of nitrogens with one attached hydrogen (secondary N) is 2. The number of hydrogen-bond donors (Lipinski definition) is 2. The minimum atomic E-state index is -0.716. The molecule has 0 aliphatic rings. The predicted molar refractivity (Wildman–Crippen MR) is 91.5 cm³/mol. The lowest BCUT2D eigenvalue weighted by molar-refractivity contribution is 0.0946. The van der Waals surface area contributed by atoms with Crippen molar-refractivity contribution >= 4 is 17.3 Å². The Morgan fingerprint density at radius 1 is 0.960 bits per heavy atom. The highest BCUT2D eigenvalue weighted by atomic mass is 19.1. The number of para-hydroxylation sites is 1. The van der Waals surface area contributed by atoms with Crippen LogP contribution in [0.4, 0.5) is 20.2 Å². The number of nitrogens with zero attached hydrogens (tertiary/aromatic N) is 1. The first kappa shape index (κ1) is 16.6. The minimum absolute atomic E-state index is 0.151. The standard InChI is InChI=1S/C19H15F2N3O/c20-15-7-4-8-16(21)18(15)24-14-9-10-22-17(11-14)19(25)23-12-13-5-2-1-3-6-13/h1-11H,12H2,(H,22,24)(H,23,25). The lowest BCUT2D eigenvalue weighted by Gasteiger charge is -2.10. The zero-order chi connectivity index (χ0) is 17.6. The number of benzene rings is 2. The third-order valence-electron chi connectivity index (χ3n) is 3.52. The molecule has 2 aromatic carbocycles. The Morgan fingerprint density at radius 2 is 1.68 bits per heavy atom. The van der Waals surface area contributed by atoms with Crippen LogP contribution in [-0.4, -0.2) is 10.9 Å². The fourth-order valence-corrected chi connectivity index (χ4v) is 2.26. The molecule has 0 atom stereocenters. The molecule has 0 spiro atoms. The van der Waals surface area contributed by atoms with Gasteiger partial charge in [-0.25, -0.2) is 8.78 Å². The van der Waals surface area contributed by atoms with Gasteiger partial charge in [-0.15, -0.1) is 0 Å². The van der Waals surface area contributed by atoms with Gasteiger partial charge in [0.05, 0.1) is 0 Å². The Labute approximate surface area is 143 Å². The average molecular weight is 339 g/mol. The van der Waals surface area contributed by atoms with E-state index >= 15 is 0 Å². The number of carbonyl (C=O) groups is 1. The largest absolute Gasteiger partial charge is 0.351 e. The van der Waals surface area contributed by atoms with Gasteiger partial charge in [-0.1, -0.05) is 36.4 Å². The Balaban J connectivity index is 1.72. The van der Waals surface area contributed by atoms with Crippen LogP contribution in [-0.2, 0) is 6.54 Å². The third kappa shape index (κ3) is 4.17. The van der Waals surface area contributed by atoms with Crippen molar-refractivity contribution in [2.45, 2.75) is 6.54 Å². The molecule has 0 unspecified atom stereocenters. The number of carbonyl (C=O) groups excluding carboxylic acids is 1. The molecule has 126 valence electrons. The fraction of sp³-hybridized carbons (Fsp3) is 0.0526. The zero-order valence-electron chi connectivity index (χ0n) is 13.2. The second-order valence-electron chi connectivity index (χ2n) is 5.32. The van der Waals surface area contributed by atoms with E-state index in [1.54, 1.807) is 0 Å². The molecule has 0 fully saturated rings. The zero-order valence-corrected chi connectivity index (χ0v) is 13.2. The van der Waals surface area contributed by atoms with Crippen LogP contribution in [0, 0.1) is 11.6 Å². The number of pyridine rings is 1. The van der Waals surface area contributed by atoms with Gasteiger partial charge < -0.3 is 10.6 Å². The van der Waals surface area contributed by atoms with Gasteiger partial charge in [-0.05, 0) is 29.8 Å². The van der Waals surface area contributed by atoms with Crippen molar-refractivity contribution in [2.75, 3.05) is 5.32 Å². The minimum Gasteiger partial charge on any atom is -0.351 e.